The molecule has 0 saturated carbocycles. The number of methoxy groups -OCH3 is 1. The van der Waals surface area contributed by atoms with Crippen molar-refractivity contribution < 1.29 is 9.84 Å². The SMILES string of the molecule is COc1ccc2nc(-c3ccccc3)ncc2c1O. The number of nitrogens with zero attached hydrogens (tertiary/aromatic N) is 2. The number of rotatable bonds is 2. The monoisotopic (exact) mass is 252 g/mol. The van der Waals surface area contributed by atoms with E-state index in [1.807, 2.05) is 36.4 Å². The molecule has 0 aliphatic rings. The number of phenols is 1. The van der Waals surface area contributed by atoms with Gasteiger partial charge in [-0.25, -0.2) is 9.97 Å². The standard InChI is InChI=1S/C15H12N2O2/c1-19-13-8-7-12-11(14(13)18)9-16-15(17-12)10-5-3-2-4-6-10/h2-9,18H,1H3. The van der Waals surface area contributed by atoms with Gasteiger partial charge in [-0.05, 0) is 12.1 Å². The van der Waals surface area contributed by atoms with Crippen molar-refractivity contribution in [3.8, 4) is 22.9 Å². The number of hydrogen-bond donors (Lipinski definition) is 1. The van der Waals surface area contributed by atoms with E-state index in [-0.39, 0.29) is 5.75 Å². The van der Waals surface area contributed by atoms with Crippen LogP contribution in [0.3, 0.4) is 0 Å². The van der Waals surface area contributed by atoms with Crippen LogP contribution in [0.25, 0.3) is 22.3 Å². The molecule has 2 aromatic carbocycles. The van der Waals surface area contributed by atoms with Gasteiger partial charge in [0.2, 0.25) is 0 Å². The van der Waals surface area contributed by atoms with E-state index in [1.54, 1.807) is 12.3 Å². The van der Waals surface area contributed by atoms with Gasteiger partial charge < -0.3 is 9.84 Å². The van der Waals surface area contributed by atoms with Gasteiger partial charge in [0.25, 0.3) is 0 Å². The van der Waals surface area contributed by atoms with Gasteiger partial charge in [-0.1, -0.05) is 30.3 Å². The number of hydrogen-bond acceptors (Lipinski definition) is 4. The summed E-state index contributed by atoms with van der Waals surface area (Å²) in [6.07, 6.45) is 1.61. The maximum absolute atomic E-state index is 10.0. The van der Waals surface area contributed by atoms with Gasteiger partial charge in [0.15, 0.2) is 17.3 Å². The lowest BCUT2D eigenvalue weighted by Crippen LogP contribution is -1.91. The Balaban J connectivity index is 2.18. The second-order valence-corrected chi connectivity index (χ2v) is 4.11. The van der Waals surface area contributed by atoms with Crippen LogP contribution < -0.4 is 4.74 Å². The maximum Gasteiger partial charge on any atom is 0.168 e. The van der Waals surface area contributed by atoms with Crippen molar-refractivity contribution in [2.75, 3.05) is 7.11 Å². The number of aromatic nitrogens is 2. The van der Waals surface area contributed by atoms with Crippen LogP contribution in [0.1, 0.15) is 0 Å². The molecule has 0 bridgehead atoms. The minimum atomic E-state index is 0.0691. The molecule has 3 rings (SSSR count). The molecule has 0 atom stereocenters. The molecule has 1 aromatic heterocycles. The largest absolute Gasteiger partial charge is 0.504 e. The fraction of sp³-hybridized carbons (Fsp3) is 0.0667. The Hall–Kier alpha value is -2.62. The summed E-state index contributed by atoms with van der Waals surface area (Å²) in [5.74, 6) is 1.13. The van der Waals surface area contributed by atoms with Crippen molar-refractivity contribution >= 4 is 10.9 Å². The number of phenolic OH excluding ortho intramolecular Hbond substituents is 1. The first-order chi connectivity index (χ1) is 9.29. The lowest BCUT2D eigenvalue weighted by atomic mass is 10.2. The van der Waals surface area contributed by atoms with Gasteiger partial charge in [-0.15, -0.1) is 0 Å². The van der Waals surface area contributed by atoms with E-state index < -0.39 is 0 Å². The van der Waals surface area contributed by atoms with Crippen LogP contribution in [0, 0.1) is 0 Å². The highest BCUT2D eigenvalue weighted by Gasteiger charge is 2.09. The summed E-state index contributed by atoms with van der Waals surface area (Å²) in [5, 5.41) is 10.6. The molecular weight excluding hydrogens is 240 g/mol. The lowest BCUT2D eigenvalue weighted by molar-refractivity contribution is 0.376. The third kappa shape index (κ3) is 1.97. The van der Waals surface area contributed by atoms with Crippen molar-refractivity contribution in [3.05, 3.63) is 48.7 Å². The molecular formula is C15H12N2O2. The normalized spacial score (nSPS) is 10.6. The molecule has 19 heavy (non-hydrogen) atoms. The van der Waals surface area contributed by atoms with Crippen LogP contribution in [0.15, 0.2) is 48.7 Å². The molecule has 0 radical (unpaired) electrons. The third-order valence-electron chi connectivity index (χ3n) is 2.95. The molecule has 94 valence electrons. The van der Waals surface area contributed by atoms with E-state index in [2.05, 4.69) is 9.97 Å². The smallest absolute Gasteiger partial charge is 0.168 e. The lowest BCUT2D eigenvalue weighted by Gasteiger charge is -2.07. The molecule has 1 heterocycles. The Morgan fingerprint density at radius 1 is 1.05 bits per heavy atom. The third-order valence-corrected chi connectivity index (χ3v) is 2.95. The Labute approximate surface area is 110 Å². The summed E-state index contributed by atoms with van der Waals surface area (Å²) in [4.78, 5) is 8.74. The predicted octanol–water partition coefficient (Wildman–Crippen LogP) is 3.01. The molecule has 4 nitrogen and oxygen atoms in total. The zero-order valence-corrected chi connectivity index (χ0v) is 10.4. The molecule has 0 saturated heterocycles. The number of benzene rings is 2. The van der Waals surface area contributed by atoms with E-state index in [9.17, 15) is 5.11 Å². The Bertz CT molecular complexity index is 727. The Morgan fingerprint density at radius 2 is 1.84 bits per heavy atom. The molecule has 0 unspecified atom stereocenters. The maximum atomic E-state index is 10.0. The summed E-state index contributed by atoms with van der Waals surface area (Å²) >= 11 is 0. The number of aromatic hydroxyl groups is 1. The topological polar surface area (TPSA) is 55.2 Å². The molecule has 0 aliphatic carbocycles. The molecule has 1 N–H and O–H groups in total. The van der Waals surface area contributed by atoms with Crippen LogP contribution in [-0.2, 0) is 0 Å². The van der Waals surface area contributed by atoms with Crippen LogP contribution in [0.2, 0.25) is 0 Å². The Morgan fingerprint density at radius 3 is 2.58 bits per heavy atom. The molecule has 0 fully saturated rings. The quantitative estimate of drug-likeness (QED) is 0.761. The molecule has 0 amide bonds. The second kappa shape index (κ2) is 4.57. The average Bonchev–Trinajstić information content (AvgIpc) is 2.48. The molecule has 0 spiro atoms. The first-order valence-corrected chi connectivity index (χ1v) is 5.88. The highest BCUT2D eigenvalue weighted by atomic mass is 16.5. The molecule has 0 aliphatic heterocycles. The van der Waals surface area contributed by atoms with E-state index in [0.717, 1.165) is 5.56 Å². The molecule has 3 aromatic rings. The highest BCUT2D eigenvalue weighted by Crippen LogP contribution is 2.33. The van der Waals surface area contributed by atoms with E-state index in [4.69, 9.17) is 4.74 Å². The van der Waals surface area contributed by atoms with Crippen LogP contribution >= 0.6 is 0 Å². The zero-order valence-electron chi connectivity index (χ0n) is 10.4. The minimum Gasteiger partial charge on any atom is -0.504 e. The van der Waals surface area contributed by atoms with Gasteiger partial charge >= 0.3 is 0 Å². The fourth-order valence-electron chi connectivity index (χ4n) is 1.96. The summed E-state index contributed by atoms with van der Waals surface area (Å²) in [6, 6.07) is 13.2. The predicted molar refractivity (Wildman–Crippen MR) is 73.2 cm³/mol. The second-order valence-electron chi connectivity index (χ2n) is 4.11. The fourth-order valence-corrected chi connectivity index (χ4v) is 1.96. The zero-order chi connectivity index (χ0) is 13.2. The van der Waals surface area contributed by atoms with Crippen LogP contribution in [-0.4, -0.2) is 22.2 Å². The number of fused-ring (bicyclic) bond motifs is 1. The van der Waals surface area contributed by atoms with Gasteiger partial charge in [-0.3, -0.25) is 0 Å². The van der Waals surface area contributed by atoms with E-state index in [1.165, 1.54) is 7.11 Å². The van der Waals surface area contributed by atoms with Crippen LogP contribution in [0.4, 0.5) is 0 Å². The summed E-state index contributed by atoms with van der Waals surface area (Å²) in [6.45, 7) is 0. The first-order valence-electron chi connectivity index (χ1n) is 5.88. The first kappa shape index (κ1) is 11.5. The van der Waals surface area contributed by atoms with Crippen molar-refractivity contribution in [2.45, 2.75) is 0 Å². The number of ether oxygens (including phenoxy) is 1. The highest BCUT2D eigenvalue weighted by molar-refractivity contribution is 5.87. The van der Waals surface area contributed by atoms with Crippen molar-refractivity contribution in [3.63, 3.8) is 0 Å². The van der Waals surface area contributed by atoms with Gasteiger partial charge in [0.1, 0.15) is 0 Å². The van der Waals surface area contributed by atoms with Crippen molar-refractivity contribution in [1.29, 1.82) is 0 Å². The summed E-state index contributed by atoms with van der Waals surface area (Å²) in [7, 11) is 1.51. The van der Waals surface area contributed by atoms with Gasteiger partial charge in [-0.2, -0.15) is 0 Å². The van der Waals surface area contributed by atoms with Crippen molar-refractivity contribution in [2.24, 2.45) is 0 Å². The van der Waals surface area contributed by atoms with Crippen LogP contribution in [0.5, 0.6) is 11.5 Å². The van der Waals surface area contributed by atoms with Gasteiger partial charge in [0, 0.05) is 11.8 Å². The van der Waals surface area contributed by atoms with E-state index >= 15 is 0 Å². The Kier molecular flexibility index (Phi) is 2.76. The average molecular weight is 252 g/mol. The van der Waals surface area contributed by atoms with Crippen molar-refractivity contribution in [1.82, 2.24) is 9.97 Å². The molecule has 4 heteroatoms. The minimum absolute atomic E-state index is 0.0691. The summed E-state index contributed by atoms with van der Waals surface area (Å²) in [5.41, 5.74) is 1.63. The summed E-state index contributed by atoms with van der Waals surface area (Å²) < 4.78 is 5.06. The van der Waals surface area contributed by atoms with E-state index in [0.29, 0.717) is 22.5 Å². The van der Waals surface area contributed by atoms with Gasteiger partial charge in [0.05, 0.1) is 18.0 Å².